The molecule has 80 heavy (non-hydrogen) atoms. The Labute approximate surface area is 476 Å². The molecular formula is C72H84N2O6. The van der Waals surface area contributed by atoms with E-state index in [1.165, 1.54) is 38.9 Å². The van der Waals surface area contributed by atoms with Crippen LogP contribution >= 0.6 is 0 Å². The number of aryl methyl sites for hydroxylation is 3. The van der Waals surface area contributed by atoms with E-state index in [-0.39, 0.29) is 45.8 Å². The number of benzene rings is 6. The van der Waals surface area contributed by atoms with E-state index in [2.05, 4.69) is 138 Å². The number of nitrogens with two attached hydrogens (primary N) is 1. The van der Waals surface area contributed by atoms with Gasteiger partial charge in [-0.3, -0.25) is 19.7 Å². The minimum atomic E-state index is -0.639. The Kier molecular flexibility index (Phi) is 15.2. The van der Waals surface area contributed by atoms with Gasteiger partial charge in [-0.15, -0.1) is 0 Å². The van der Waals surface area contributed by atoms with E-state index in [4.69, 9.17) is 19.9 Å². The largest absolute Gasteiger partial charge is 0.489 e. The van der Waals surface area contributed by atoms with Gasteiger partial charge in [0, 0.05) is 5.41 Å². The molecule has 6 aromatic rings. The van der Waals surface area contributed by atoms with Gasteiger partial charge in [-0.05, 0) is 198 Å². The second kappa shape index (κ2) is 22.0. The summed E-state index contributed by atoms with van der Waals surface area (Å²) in [6.07, 6.45) is 14.4. The first-order valence-corrected chi connectivity index (χ1v) is 30.0. The van der Waals surface area contributed by atoms with Crippen molar-refractivity contribution in [3.63, 3.8) is 0 Å². The van der Waals surface area contributed by atoms with Crippen molar-refractivity contribution in [3.8, 4) is 17.2 Å². The maximum absolute atomic E-state index is 14.6. The lowest BCUT2D eigenvalue weighted by molar-refractivity contribution is -0.150. The van der Waals surface area contributed by atoms with Crippen molar-refractivity contribution in [3.05, 3.63) is 196 Å². The van der Waals surface area contributed by atoms with E-state index in [0.29, 0.717) is 25.7 Å². The van der Waals surface area contributed by atoms with E-state index < -0.39 is 16.2 Å². The third-order valence-electron chi connectivity index (χ3n) is 21.6. The molecule has 3 fully saturated rings. The highest BCUT2D eigenvalue weighted by Gasteiger charge is 2.59. The highest BCUT2D eigenvalue weighted by molar-refractivity contribution is 6.01. The minimum Gasteiger partial charge on any atom is -0.489 e. The van der Waals surface area contributed by atoms with Crippen LogP contribution in [0.3, 0.4) is 0 Å². The predicted octanol–water partition coefficient (Wildman–Crippen LogP) is 15.0. The van der Waals surface area contributed by atoms with E-state index >= 15 is 0 Å². The van der Waals surface area contributed by atoms with Gasteiger partial charge in [-0.1, -0.05) is 170 Å². The fourth-order valence-electron chi connectivity index (χ4n) is 17.0. The molecule has 6 aromatic carbocycles. The Morgan fingerprint density at radius 3 is 1.04 bits per heavy atom. The highest BCUT2D eigenvalue weighted by Crippen LogP contribution is 2.61. The van der Waals surface area contributed by atoms with Gasteiger partial charge in [0.2, 0.25) is 17.7 Å². The summed E-state index contributed by atoms with van der Waals surface area (Å²) in [5.74, 6) is 2.91. The summed E-state index contributed by atoms with van der Waals surface area (Å²) < 4.78 is 18.7. The van der Waals surface area contributed by atoms with Gasteiger partial charge in [0.15, 0.2) is 0 Å². The lowest BCUT2D eigenvalue weighted by Crippen LogP contribution is -2.60. The number of ether oxygens (including phenoxy) is 3. The molecule has 418 valence electrons. The van der Waals surface area contributed by atoms with Gasteiger partial charge < -0.3 is 19.9 Å². The molecule has 0 spiro atoms. The first-order chi connectivity index (χ1) is 38.5. The van der Waals surface area contributed by atoms with Crippen LogP contribution < -0.4 is 25.3 Å². The molecule has 0 aliphatic heterocycles. The second-order valence-corrected chi connectivity index (χ2v) is 26.3. The SMILES string of the molecule is C[C@]1(C(=O)NC(=O)[C@@]2(C)CCC[C@]3(C)c4cc(OCc5ccccc5)ccc4CC[C@@H]23)CCC[C@]2(C)c3cc(OCc4ccccc4)ccc3CC[C@@H]12.C[C@]1(C(N)=O)CCC[C@]2(C)c3cc(OCc4ccccc4)ccc3CC[C@@H]12. The third kappa shape index (κ3) is 10.2. The highest BCUT2D eigenvalue weighted by atomic mass is 16.5. The molecule has 9 atom stereocenters. The molecule has 8 heteroatoms. The van der Waals surface area contributed by atoms with Gasteiger partial charge in [-0.2, -0.15) is 0 Å². The van der Waals surface area contributed by atoms with Crippen molar-refractivity contribution in [1.82, 2.24) is 5.32 Å². The van der Waals surface area contributed by atoms with Crippen molar-refractivity contribution >= 4 is 17.7 Å². The lowest BCUT2D eigenvalue weighted by atomic mass is 9.49. The molecule has 0 unspecified atom stereocenters. The number of carbonyl (C=O) groups excluding carboxylic acids is 3. The van der Waals surface area contributed by atoms with E-state index in [9.17, 15) is 14.4 Å². The predicted molar refractivity (Wildman–Crippen MR) is 317 cm³/mol. The summed E-state index contributed by atoms with van der Waals surface area (Å²) in [5.41, 5.74) is 15.4. The smallest absolute Gasteiger partial charge is 0.232 e. The second-order valence-electron chi connectivity index (χ2n) is 26.3. The molecule has 3 N–H and O–H groups in total. The van der Waals surface area contributed by atoms with Crippen LogP contribution in [0, 0.1) is 34.0 Å². The Bertz CT molecular complexity index is 3090. The molecule has 12 rings (SSSR count). The van der Waals surface area contributed by atoms with E-state index in [1.807, 2.05) is 54.6 Å². The molecule has 6 aliphatic rings. The summed E-state index contributed by atoms with van der Waals surface area (Å²) >= 11 is 0. The first-order valence-electron chi connectivity index (χ1n) is 30.0. The summed E-state index contributed by atoms with van der Waals surface area (Å²) in [6.45, 7) is 15.0. The van der Waals surface area contributed by atoms with Gasteiger partial charge >= 0.3 is 0 Å². The van der Waals surface area contributed by atoms with Crippen LogP contribution in [-0.2, 0) is 69.7 Å². The molecule has 0 bridgehead atoms. The van der Waals surface area contributed by atoms with Crippen LogP contribution in [0.4, 0.5) is 0 Å². The van der Waals surface area contributed by atoms with Crippen molar-refractivity contribution in [2.45, 2.75) is 174 Å². The number of hydrogen-bond acceptors (Lipinski definition) is 6. The molecule has 0 saturated heterocycles. The number of carbonyl (C=O) groups is 3. The van der Waals surface area contributed by atoms with Crippen molar-refractivity contribution in [1.29, 1.82) is 0 Å². The minimum absolute atomic E-state index is 0.0122. The van der Waals surface area contributed by atoms with E-state index in [0.717, 1.165) is 125 Å². The number of fused-ring (bicyclic) bond motifs is 9. The zero-order valence-corrected chi connectivity index (χ0v) is 48.3. The Balaban J connectivity index is 0.000000209. The average Bonchev–Trinajstić information content (AvgIpc) is 3.63. The molecule has 3 saturated carbocycles. The topological polar surface area (TPSA) is 117 Å². The Hall–Kier alpha value is -6.67. The standard InChI is InChI=1S/C48H55NO4.C24H29NO2/c1-45-25-11-27-47(3,41(45)23-19-35-17-21-37(29-39(35)45)52-31-33-13-7-5-8-14-33)43(50)49-44(51)48(4)28-12-26-46(2)40-30-38(22-18-36(40)20-24-42(46)48)53-32-34-15-9-6-10-16-34;1-23-13-6-14-24(2,22(25)26)21(23)12-10-18-9-11-19(15-20(18)23)27-16-17-7-4-3-5-8-17/h5-10,13-18,21-22,29-30,41-42H,11-12,19-20,23-28,31-32H2,1-4H3,(H,49,50,51);3-5,7-9,11,15,21H,6,10,12-14,16H2,1-2H3,(H2,25,26)/t41-,42-,45-,46-,47+,48+;21-,23-,24+/m11/s1. The number of imide groups is 1. The third-order valence-corrected chi connectivity index (χ3v) is 21.6. The summed E-state index contributed by atoms with van der Waals surface area (Å²) in [5, 5.41) is 3.12. The first kappa shape index (κ1) is 55.2. The Morgan fingerprint density at radius 2 is 0.725 bits per heavy atom. The van der Waals surface area contributed by atoms with Gasteiger partial charge in [0.25, 0.3) is 0 Å². The summed E-state index contributed by atoms with van der Waals surface area (Å²) in [6, 6.07) is 50.4. The van der Waals surface area contributed by atoms with Crippen LogP contribution in [0.1, 0.15) is 169 Å². The van der Waals surface area contributed by atoms with Gasteiger partial charge in [0.1, 0.15) is 37.1 Å². The van der Waals surface area contributed by atoms with Crippen molar-refractivity contribution in [2.24, 2.45) is 39.7 Å². The quantitative estimate of drug-likeness (QED) is 0.118. The monoisotopic (exact) mass is 1070 g/mol. The molecule has 3 amide bonds. The zero-order valence-electron chi connectivity index (χ0n) is 48.3. The molecular weight excluding hydrogens is 989 g/mol. The number of primary amides is 1. The van der Waals surface area contributed by atoms with E-state index in [1.54, 1.807) is 0 Å². The van der Waals surface area contributed by atoms with Gasteiger partial charge in [-0.25, -0.2) is 0 Å². The van der Waals surface area contributed by atoms with Crippen molar-refractivity contribution < 1.29 is 28.6 Å². The number of rotatable bonds is 12. The fraction of sp³-hybridized carbons (Fsp3) is 0.458. The zero-order chi connectivity index (χ0) is 55.9. The fourth-order valence-corrected chi connectivity index (χ4v) is 17.0. The summed E-state index contributed by atoms with van der Waals surface area (Å²) in [4.78, 5) is 41.6. The van der Waals surface area contributed by atoms with Crippen LogP contribution in [0.15, 0.2) is 146 Å². The van der Waals surface area contributed by atoms with Crippen molar-refractivity contribution in [2.75, 3.05) is 0 Å². The molecule has 0 aromatic heterocycles. The Morgan fingerprint density at radius 1 is 0.425 bits per heavy atom. The number of hydrogen-bond donors (Lipinski definition) is 2. The molecule has 0 radical (unpaired) electrons. The molecule has 0 heterocycles. The summed E-state index contributed by atoms with van der Waals surface area (Å²) in [7, 11) is 0. The van der Waals surface area contributed by atoms with Crippen LogP contribution in [-0.4, -0.2) is 17.7 Å². The number of amides is 3. The van der Waals surface area contributed by atoms with Gasteiger partial charge in [0.05, 0.1) is 10.8 Å². The maximum atomic E-state index is 14.6. The maximum Gasteiger partial charge on any atom is 0.232 e. The van der Waals surface area contributed by atoms with Crippen LogP contribution in [0.5, 0.6) is 17.2 Å². The average molecular weight is 1070 g/mol. The molecule has 6 aliphatic carbocycles. The number of nitrogens with one attached hydrogen (secondary N) is 1. The van der Waals surface area contributed by atoms with Crippen LogP contribution in [0.25, 0.3) is 0 Å². The molecule has 8 nitrogen and oxygen atoms in total. The van der Waals surface area contributed by atoms with Crippen LogP contribution in [0.2, 0.25) is 0 Å². The lowest BCUT2D eigenvalue weighted by Gasteiger charge is -2.56. The normalized spacial score (nSPS) is 29.9.